The number of halogens is 2. The first-order valence-corrected chi connectivity index (χ1v) is 23.6. The van der Waals surface area contributed by atoms with Crippen LogP contribution in [0.5, 0.6) is 0 Å². The van der Waals surface area contributed by atoms with Crippen molar-refractivity contribution in [3.63, 3.8) is 0 Å². The third-order valence-electron chi connectivity index (χ3n) is 12.9. The maximum absolute atomic E-state index is 16.2. The topological polar surface area (TPSA) is 168 Å². The number of hydrogen-bond donors (Lipinski definition) is 2. The molecule has 2 fully saturated rings. The van der Waals surface area contributed by atoms with Crippen molar-refractivity contribution in [3.8, 4) is 34.4 Å². The summed E-state index contributed by atoms with van der Waals surface area (Å²) in [7, 11) is 3.10. The summed E-state index contributed by atoms with van der Waals surface area (Å²) in [4.78, 5) is 81.7. The van der Waals surface area contributed by atoms with Gasteiger partial charge in [0, 0.05) is 80.6 Å². The van der Waals surface area contributed by atoms with Gasteiger partial charge in [0.1, 0.15) is 18.1 Å². The number of cyclic esters (lactones) is 1. The van der Waals surface area contributed by atoms with Crippen molar-refractivity contribution in [2.75, 3.05) is 40.4 Å². The first-order valence-electron chi connectivity index (χ1n) is 22.7. The van der Waals surface area contributed by atoms with Crippen molar-refractivity contribution >= 4 is 51.8 Å². The number of ether oxygens (including phenoxy) is 2. The molecule has 15 nitrogen and oxygen atoms in total. The second-order valence-corrected chi connectivity index (χ2v) is 19.9. The van der Waals surface area contributed by atoms with Crippen LogP contribution in [-0.2, 0) is 52.3 Å². The molecule has 3 aliphatic rings. The number of hydrogen-bond acceptors (Lipinski definition) is 11. The molecule has 358 valence electrons. The zero-order valence-electron chi connectivity index (χ0n) is 39.6. The van der Waals surface area contributed by atoms with Crippen molar-refractivity contribution < 1.29 is 42.2 Å². The first kappa shape index (κ1) is 49.1. The zero-order chi connectivity index (χ0) is 48.5. The Balaban J connectivity index is 1.29. The molecule has 3 aromatic heterocycles. The molecule has 2 saturated heterocycles. The zero-order valence-corrected chi connectivity index (χ0v) is 40.4. The summed E-state index contributed by atoms with van der Waals surface area (Å²) in [6.45, 7) is 12.4. The van der Waals surface area contributed by atoms with E-state index in [1.54, 1.807) is 44.4 Å². The third kappa shape index (κ3) is 10.4. The normalized spacial score (nSPS) is 21.0. The standard InChI is InChI=1S/C49H60F2N8O7S/c1-10-13-40(60)57-21-18-31(25-57)45(62)56(8)42(28(2)3)44(61)54-36-23-39-53-37(26-67-39)30-16-17-38-33(22-30)34(24-48(5,6)27-66-47(64)35-15-12-20-58(55-35)46(36)63)43(59(38)49(7,50)51)32-14-11-19-52-41(32)29(4)65-9/h11,14,16-17,19,22,26,28-29,31,35-36,42,55H,12,15,18,20-21,23-25,27H2,1-9H3,(H,54,61)/t29-,31-,35-,36-,42-/m0/s1. The van der Waals surface area contributed by atoms with Crippen molar-refractivity contribution in [1.82, 2.24) is 40.1 Å². The molecule has 7 rings (SSSR count). The van der Waals surface area contributed by atoms with E-state index in [1.807, 2.05) is 46.1 Å². The monoisotopic (exact) mass is 942 g/mol. The molecule has 0 radical (unpaired) electrons. The lowest BCUT2D eigenvalue weighted by Gasteiger charge is -2.36. The summed E-state index contributed by atoms with van der Waals surface area (Å²) in [5.74, 6) is 1.94. The van der Waals surface area contributed by atoms with E-state index in [2.05, 4.69) is 27.6 Å². The summed E-state index contributed by atoms with van der Waals surface area (Å²) in [5, 5.41) is 7.19. The minimum Gasteiger partial charge on any atom is -0.464 e. The number of methoxy groups -OCH3 is 1. The minimum absolute atomic E-state index is 0.0328. The van der Waals surface area contributed by atoms with Crippen LogP contribution < -0.4 is 10.7 Å². The Morgan fingerprint density at radius 3 is 2.60 bits per heavy atom. The molecule has 67 heavy (non-hydrogen) atoms. The molecule has 18 heteroatoms. The highest BCUT2D eigenvalue weighted by molar-refractivity contribution is 7.10. The molecule has 3 aliphatic heterocycles. The van der Waals surface area contributed by atoms with Crippen LogP contribution >= 0.6 is 11.3 Å². The van der Waals surface area contributed by atoms with Gasteiger partial charge < -0.3 is 24.6 Å². The number of thiazole rings is 1. The van der Waals surface area contributed by atoms with Gasteiger partial charge in [-0.2, -0.15) is 8.78 Å². The molecule has 1 aromatic carbocycles. The highest BCUT2D eigenvalue weighted by Crippen LogP contribution is 2.45. The lowest BCUT2D eigenvalue weighted by Crippen LogP contribution is -2.62. The van der Waals surface area contributed by atoms with Gasteiger partial charge in [0.2, 0.25) is 11.8 Å². The Labute approximate surface area is 393 Å². The number of fused-ring (bicyclic) bond motifs is 6. The Kier molecular flexibility index (Phi) is 14.5. The molecule has 0 saturated carbocycles. The van der Waals surface area contributed by atoms with Crippen molar-refractivity contribution in [1.29, 1.82) is 0 Å². The molecule has 2 N–H and O–H groups in total. The Morgan fingerprint density at radius 1 is 1.13 bits per heavy atom. The van der Waals surface area contributed by atoms with E-state index >= 15 is 8.78 Å². The Bertz CT molecular complexity index is 2610. The van der Waals surface area contributed by atoms with E-state index < -0.39 is 59.4 Å². The number of likely N-dealkylation sites (tertiary alicyclic amines) is 1. The van der Waals surface area contributed by atoms with Gasteiger partial charge in [-0.25, -0.2) is 10.4 Å². The van der Waals surface area contributed by atoms with Crippen LogP contribution in [0.15, 0.2) is 41.9 Å². The van der Waals surface area contributed by atoms with E-state index in [4.69, 9.17) is 14.5 Å². The van der Waals surface area contributed by atoms with Crippen molar-refractivity contribution in [2.24, 2.45) is 17.3 Å². The lowest BCUT2D eigenvalue weighted by atomic mass is 9.84. The smallest absolute Gasteiger partial charge is 0.327 e. The Hall–Kier alpha value is -5.77. The number of alkyl halides is 2. The van der Waals surface area contributed by atoms with E-state index in [0.717, 1.165) is 11.5 Å². The maximum atomic E-state index is 16.2. The predicted molar refractivity (Wildman–Crippen MR) is 249 cm³/mol. The number of amides is 4. The summed E-state index contributed by atoms with van der Waals surface area (Å²) in [6, 6.07) is 2.31. The van der Waals surface area contributed by atoms with Crippen molar-refractivity contribution in [3.05, 3.63) is 58.2 Å². The fraction of sp³-hybridized carbons (Fsp3) is 0.531. The van der Waals surface area contributed by atoms with Gasteiger partial charge >= 0.3 is 12.0 Å². The molecule has 0 aliphatic carbocycles. The van der Waals surface area contributed by atoms with E-state index in [1.165, 1.54) is 33.3 Å². The summed E-state index contributed by atoms with van der Waals surface area (Å²) in [6.07, 6.45) is 2.54. The number of nitrogens with zero attached hydrogens (tertiary/aromatic N) is 6. The van der Waals surface area contributed by atoms with Crippen LogP contribution in [0.2, 0.25) is 0 Å². The number of nitrogens with one attached hydrogen (secondary N) is 2. The number of likely N-dealkylation sites (N-methyl/N-ethyl adjacent to an activating group) is 1. The molecule has 5 atom stereocenters. The van der Waals surface area contributed by atoms with E-state index in [-0.39, 0.29) is 61.5 Å². The highest BCUT2D eigenvalue weighted by Gasteiger charge is 2.41. The molecule has 4 aromatic rings. The highest BCUT2D eigenvalue weighted by atomic mass is 32.1. The van der Waals surface area contributed by atoms with Gasteiger partial charge in [0.25, 0.3) is 11.8 Å². The van der Waals surface area contributed by atoms with Crippen LogP contribution in [-0.4, -0.2) is 117 Å². The number of esters is 1. The first-order chi connectivity index (χ1) is 31.7. The summed E-state index contributed by atoms with van der Waals surface area (Å²) in [5.41, 5.74) is 5.60. The van der Waals surface area contributed by atoms with Crippen LogP contribution in [0.25, 0.3) is 33.4 Å². The number of carbonyl (C=O) groups excluding carboxylic acids is 5. The SMILES string of the molecule is CC#CC(=O)N1CC[C@H](C(=O)N(C)[C@H](C(=O)N[C@H]2Cc3nc(cs3)-c3ccc4c(c3)c(c(-c3cccnc3[C@H](C)OC)n4C(C)(F)F)CC(C)(C)COC(=O)[C@@H]3CCCN(N3)C2=O)C(C)C)C1. The van der Waals surface area contributed by atoms with E-state index in [0.29, 0.717) is 64.3 Å². The fourth-order valence-electron chi connectivity index (χ4n) is 9.49. The predicted octanol–water partition coefficient (Wildman–Crippen LogP) is 6.11. The third-order valence-corrected chi connectivity index (χ3v) is 13.7. The second-order valence-electron chi connectivity index (χ2n) is 19.0. The fourth-order valence-corrected chi connectivity index (χ4v) is 10.3. The van der Waals surface area contributed by atoms with Gasteiger partial charge in [-0.05, 0) is 81.2 Å². The average Bonchev–Trinajstić information content (AvgIpc) is 4.05. The number of hydrazine groups is 1. The molecule has 6 heterocycles. The second kappa shape index (κ2) is 19.8. The van der Waals surface area contributed by atoms with Crippen molar-refractivity contribution in [2.45, 2.75) is 111 Å². The van der Waals surface area contributed by atoms with Gasteiger partial charge in [-0.15, -0.1) is 11.3 Å². The van der Waals surface area contributed by atoms with Gasteiger partial charge in [-0.1, -0.05) is 39.7 Å². The molecule has 0 spiro atoms. The van der Waals surface area contributed by atoms with Crippen LogP contribution in [0.1, 0.15) is 90.1 Å². The number of carbonyl (C=O) groups is 5. The molecule has 4 amide bonds. The molecule has 6 bridgehead atoms. The van der Waals surface area contributed by atoms with Crippen LogP contribution in [0.3, 0.4) is 0 Å². The average molecular weight is 943 g/mol. The largest absolute Gasteiger partial charge is 0.464 e. The number of aromatic nitrogens is 3. The number of pyridine rings is 1. The quantitative estimate of drug-likeness (QED) is 0.148. The molecular formula is C49H60F2N8O7S. The number of benzene rings is 1. The molecule has 0 unspecified atom stereocenters. The van der Waals surface area contributed by atoms with Gasteiger partial charge in [0.05, 0.1) is 46.2 Å². The Morgan fingerprint density at radius 2 is 1.90 bits per heavy atom. The lowest BCUT2D eigenvalue weighted by molar-refractivity contribution is -0.155. The summed E-state index contributed by atoms with van der Waals surface area (Å²) >= 11 is 1.28. The maximum Gasteiger partial charge on any atom is 0.327 e. The van der Waals surface area contributed by atoms with Crippen LogP contribution in [0, 0.1) is 29.1 Å². The van der Waals surface area contributed by atoms with Gasteiger partial charge in [-0.3, -0.25) is 38.5 Å². The van der Waals surface area contributed by atoms with Crippen LogP contribution in [0.4, 0.5) is 8.78 Å². The minimum atomic E-state index is -3.36. The summed E-state index contributed by atoms with van der Waals surface area (Å²) < 4.78 is 45.0. The molecular weight excluding hydrogens is 883 g/mol. The van der Waals surface area contributed by atoms with E-state index in [9.17, 15) is 24.0 Å². The number of rotatable bonds is 9. The van der Waals surface area contributed by atoms with Gasteiger partial charge in [0.15, 0.2) is 0 Å².